The molecule has 5 nitrogen and oxygen atoms in total. The van der Waals surface area contributed by atoms with Crippen molar-refractivity contribution in [3.05, 3.63) is 65.4 Å². The Morgan fingerprint density at radius 1 is 1.26 bits per heavy atom. The number of fused-ring (bicyclic) bond motifs is 1. The Morgan fingerprint density at radius 2 is 2.07 bits per heavy atom. The van der Waals surface area contributed by atoms with E-state index in [1.165, 1.54) is 11.1 Å². The Balaban J connectivity index is 1.36. The Kier molecular flexibility index (Phi) is 4.92. The number of hydrogen-bond acceptors (Lipinski definition) is 5. The Labute approximate surface area is 162 Å². The third kappa shape index (κ3) is 4.18. The first-order chi connectivity index (χ1) is 13.1. The number of carbonyl (C=O) groups excluding carboxylic acids is 1. The van der Waals surface area contributed by atoms with Gasteiger partial charge in [-0.15, -0.1) is 0 Å². The van der Waals surface area contributed by atoms with E-state index in [-0.39, 0.29) is 11.9 Å². The van der Waals surface area contributed by atoms with Crippen LogP contribution in [0.15, 0.2) is 48.7 Å². The molecule has 2 aromatic carbocycles. The standard InChI is InChI=1S/C21H22N4OS/c1-13-2-4-14(5-3-13)8-17(22)11-23-21-24-12-19(27-21)15-6-7-18-16(9-15)10-20(26)25-18/h2-7,9,12,17H,8,10-11,22H2,1H3,(H,23,24)(H,25,26)/t17-/m0/s1. The first-order valence-electron chi connectivity index (χ1n) is 9.01. The molecule has 1 amide bonds. The van der Waals surface area contributed by atoms with Crippen molar-refractivity contribution in [2.75, 3.05) is 17.2 Å². The number of anilines is 2. The fourth-order valence-corrected chi connectivity index (χ4v) is 4.01. The zero-order valence-corrected chi connectivity index (χ0v) is 16.0. The van der Waals surface area contributed by atoms with Crippen LogP contribution in [0.2, 0.25) is 0 Å². The molecule has 0 bridgehead atoms. The number of benzene rings is 2. The van der Waals surface area contributed by atoms with Crippen LogP contribution in [0.25, 0.3) is 10.4 Å². The quantitative estimate of drug-likeness (QED) is 0.612. The van der Waals surface area contributed by atoms with Gasteiger partial charge >= 0.3 is 0 Å². The summed E-state index contributed by atoms with van der Waals surface area (Å²) in [5.41, 5.74) is 11.8. The summed E-state index contributed by atoms with van der Waals surface area (Å²) in [5, 5.41) is 7.06. The number of aromatic nitrogens is 1. The van der Waals surface area contributed by atoms with Crippen LogP contribution in [0, 0.1) is 6.92 Å². The van der Waals surface area contributed by atoms with Gasteiger partial charge in [0.2, 0.25) is 5.91 Å². The average Bonchev–Trinajstić information content (AvgIpc) is 3.26. The largest absolute Gasteiger partial charge is 0.360 e. The molecule has 4 N–H and O–H groups in total. The van der Waals surface area contributed by atoms with Crippen LogP contribution >= 0.6 is 11.3 Å². The molecule has 6 heteroatoms. The second-order valence-corrected chi connectivity index (χ2v) is 7.99. The summed E-state index contributed by atoms with van der Waals surface area (Å²) in [6, 6.07) is 14.6. The molecule has 1 aliphatic rings. The van der Waals surface area contributed by atoms with E-state index in [0.717, 1.165) is 33.2 Å². The van der Waals surface area contributed by atoms with Crippen molar-refractivity contribution in [1.82, 2.24) is 4.98 Å². The molecule has 0 spiro atoms. The third-order valence-corrected chi connectivity index (χ3v) is 5.66. The van der Waals surface area contributed by atoms with E-state index >= 15 is 0 Å². The second-order valence-electron chi connectivity index (χ2n) is 6.96. The molecule has 1 atom stereocenters. The van der Waals surface area contributed by atoms with Gasteiger partial charge in [0.1, 0.15) is 0 Å². The predicted octanol–water partition coefficient (Wildman–Crippen LogP) is 3.60. The molecular weight excluding hydrogens is 356 g/mol. The van der Waals surface area contributed by atoms with Crippen LogP contribution < -0.4 is 16.4 Å². The van der Waals surface area contributed by atoms with Gasteiger partial charge < -0.3 is 16.4 Å². The maximum atomic E-state index is 11.5. The third-order valence-electron chi connectivity index (χ3n) is 4.65. The van der Waals surface area contributed by atoms with Crippen molar-refractivity contribution >= 4 is 28.1 Å². The monoisotopic (exact) mass is 378 g/mol. The van der Waals surface area contributed by atoms with E-state index in [4.69, 9.17) is 5.73 Å². The Hall–Kier alpha value is -2.70. The fourth-order valence-electron chi connectivity index (χ4n) is 3.19. The number of nitrogens with zero attached hydrogens (tertiary/aromatic N) is 1. The molecule has 0 aliphatic carbocycles. The Bertz CT molecular complexity index is 965. The molecular formula is C21H22N4OS. The van der Waals surface area contributed by atoms with Crippen LogP contribution in [-0.4, -0.2) is 23.5 Å². The fraction of sp³-hybridized carbons (Fsp3) is 0.238. The van der Waals surface area contributed by atoms with Crippen molar-refractivity contribution < 1.29 is 4.79 Å². The summed E-state index contributed by atoms with van der Waals surface area (Å²) in [5.74, 6) is 0.0522. The minimum atomic E-state index is 0.0251. The van der Waals surface area contributed by atoms with Crippen LogP contribution in [0.4, 0.5) is 10.8 Å². The lowest BCUT2D eigenvalue weighted by Gasteiger charge is -2.12. The maximum absolute atomic E-state index is 11.5. The van der Waals surface area contributed by atoms with Gasteiger partial charge in [-0.1, -0.05) is 47.2 Å². The molecule has 0 unspecified atom stereocenters. The van der Waals surface area contributed by atoms with Gasteiger partial charge in [-0.2, -0.15) is 0 Å². The average molecular weight is 379 g/mol. The molecule has 138 valence electrons. The number of rotatable bonds is 6. The first-order valence-corrected chi connectivity index (χ1v) is 9.82. The highest BCUT2D eigenvalue weighted by atomic mass is 32.1. The first kappa shape index (κ1) is 17.7. The van der Waals surface area contributed by atoms with Gasteiger partial charge in [-0.25, -0.2) is 4.98 Å². The Morgan fingerprint density at radius 3 is 2.89 bits per heavy atom. The normalized spacial score (nSPS) is 13.9. The smallest absolute Gasteiger partial charge is 0.228 e. The van der Waals surface area contributed by atoms with E-state index in [2.05, 4.69) is 52.9 Å². The number of hydrogen-bond donors (Lipinski definition) is 3. The van der Waals surface area contributed by atoms with Crippen molar-refractivity contribution in [2.24, 2.45) is 5.73 Å². The summed E-state index contributed by atoms with van der Waals surface area (Å²) in [7, 11) is 0. The molecule has 0 saturated heterocycles. The molecule has 1 aliphatic heterocycles. The number of aryl methyl sites for hydroxylation is 1. The van der Waals surface area contributed by atoms with Crippen LogP contribution in [0.3, 0.4) is 0 Å². The van der Waals surface area contributed by atoms with Crippen LogP contribution in [0.5, 0.6) is 0 Å². The van der Waals surface area contributed by atoms with Gasteiger partial charge in [0.15, 0.2) is 5.13 Å². The molecule has 27 heavy (non-hydrogen) atoms. The van der Waals surface area contributed by atoms with Gasteiger partial charge in [0, 0.05) is 24.5 Å². The zero-order valence-electron chi connectivity index (χ0n) is 15.2. The van der Waals surface area contributed by atoms with E-state index in [1.807, 2.05) is 18.3 Å². The van der Waals surface area contributed by atoms with Gasteiger partial charge in [0.25, 0.3) is 0 Å². The van der Waals surface area contributed by atoms with E-state index in [1.54, 1.807) is 11.3 Å². The van der Waals surface area contributed by atoms with E-state index in [0.29, 0.717) is 13.0 Å². The number of nitrogens with one attached hydrogen (secondary N) is 2. The lowest BCUT2D eigenvalue weighted by atomic mass is 10.1. The van der Waals surface area contributed by atoms with Crippen molar-refractivity contribution in [1.29, 1.82) is 0 Å². The van der Waals surface area contributed by atoms with Crippen LogP contribution in [-0.2, 0) is 17.6 Å². The lowest BCUT2D eigenvalue weighted by Crippen LogP contribution is -2.31. The molecule has 2 heterocycles. The minimum Gasteiger partial charge on any atom is -0.360 e. The molecule has 0 fully saturated rings. The summed E-state index contributed by atoms with van der Waals surface area (Å²) in [4.78, 5) is 17.0. The van der Waals surface area contributed by atoms with Gasteiger partial charge in [0.05, 0.1) is 11.3 Å². The van der Waals surface area contributed by atoms with Crippen LogP contribution in [0.1, 0.15) is 16.7 Å². The molecule has 1 aromatic heterocycles. The molecule has 0 saturated carbocycles. The minimum absolute atomic E-state index is 0.0251. The summed E-state index contributed by atoms with van der Waals surface area (Å²) < 4.78 is 0. The second kappa shape index (κ2) is 7.50. The molecule has 3 aromatic rings. The van der Waals surface area contributed by atoms with Crippen molar-refractivity contribution in [3.8, 4) is 10.4 Å². The highest BCUT2D eigenvalue weighted by Crippen LogP contribution is 2.33. The number of nitrogens with two attached hydrogens (primary N) is 1. The molecule has 4 rings (SSSR count). The number of carbonyl (C=O) groups is 1. The predicted molar refractivity (Wildman–Crippen MR) is 111 cm³/mol. The van der Waals surface area contributed by atoms with Crippen molar-refractivity contribution in [2.45, 2.75) is 25.8 Å². The lowest BCUT2D eigenvalue weighted by molar-refractivity contribution is -0.115. The molecule has 0 radical (unpaired) electrons. The highest BCUT2D eigenvalue weighted by molar-refractivity contribution is 7.18. The van der Waals surface area contributed by atoms with E-state index in [9.17, 15) is 4.79 Å². The van der Waals surface area contributed by atoms with E-state index < -0.39 is 0 Å². The number of thiazole rings is 1. The SMILES string of the molecule is Cc1ccc(C[C@H](N)CNc2ncc(-c3ccc4c(c3)CC(=O)N4)s2)cc1. The topological polar surface area (TPSA) is 80.0 Å². The van der Waals surface area contributed by atoms with Gasteiger partial charge in [-0.3, -0.25) is 4.79 Å². The summed E-state index contributed by atoms with van der Waals surface area (Å²) in [6.45, 7) is 2.75. The highest BCUT2D eigenvalue weighted by Gasteiger charge is 2.18. The number of amides is 1. The summed E-state index contributed by atoms with van der Waals surface area (Å²) in [6.07, 6.45) is 3.14. The van der Waals surface area contributed by atoms with Crippen molar-refractivity contribution in [3.63, 3.8) is 0 Å². The van der Waals surface area contributed by atoms with Gasteiger partial charge in [-0.05, 0) is 42.2 Å². The summed E-state index contributed by atoms with van der Waals surface area (Å²) >= 11 is 1.60. The zero-order chi connectivity index (χ0) is 18.8. The maximum Gasteiger partial charge on any atom is 0.228 e.